The largest absolute Gasteiger partial charge is 0.330 e. The fourth-order valence-corrected chi connectivity index (χ4v) is 2.71. The summed E-state index contributed by atoms with van der Waals surface area (Å²) in [7, 11) is 1.92. The van der Waals surface area contributed by atoms with Crippen LogP contribution in [0.5, 0.6) is 0 Å². The number of hydrogen-bond donors (Lipinski definition) is 1. The van der Waals surface area contributed by atoms with Gasteiger partial charge in [-0.1, -0.05) is 18.2 Å². The Balaban J connectivity index is 2.18. The Bertz CT molecular complexity index is 819. The molecular formula is C17H15FN2O. The first-order valence-corrected chi connectivity index (χ1v) is 6.67. The van der Waals surface area contributed by atoms with Crippen LogP contribution in [0.25, 0.3) is 22.0 Å². The number of rotatable bonds is 3. The highest BCUT2D eigenvalue weighted by molar-refractivity contribution is 5.94. The molecule has 0 radical (unpaired) electrons. The zero-order chi connectivity index (χ0) is 15.0. The fourth-order valence-electron chi connectivity index (χ4n) is 2.71. The van der Waals surface area contributed by atoms with Gasteiger partial charge in [0.05, 0.1) is 0 Å². The third kappa shape index (κ3) is 2.18. The Morgan fingerprint density at radius 3 is 2.43 bits per heavy atom. The minimum absolute atomic E-state index is 0.242. The molecule has 3 aromatic rings. The summed E-state index contributed by atoms with van der Waals surface area (Å²) >= 11 is 0. The number of carbonyl (C=O) groups excluding carboxylic acids is 1. The number of anilines is 1. The van der Waals surface area contributed by atoms with Crippen molar-refractivity contribution in [2.75, 3.05) is 5.32 Å². The van der Waals surface area contributed by atoms with Crippen LogP contribution >= 0.6 is 0 Å². The lowest BCUT2D eigenvalue weighted by Gasteiger charge is -2.04. The molecule has 0 spiro atoms. The van der Waals surface area contributed by atoms with Crippen LogP contribution in [0.4, 0.5) is 10.2 Å². The monoisotopic (exact) mass is 282 g/mol. The molecule has 3 rings (SSSR count). The van der Waals surface area contributed by atoms with Gasteiger partial charge < -0.3 is 9.88 Å². The minimum atomic E-state index is -0.242. The van der Waals surface area contributed by atoms with E-state index in [1.807, 2.05) is 30.7 Å². The van der Waals surface area contributed by atoms with Crippen molar-refractivity contribution in [1.82, 2.24) is 4.57 Å². The van der Waals surface area contributed by atoms with Gasteiger partial charge in [0.1, 0.15) is 11.6 Å². The molecule has 2 aromatic carbocycles. The number of nitrogens with zero attached hydrogens (tertiary/aromatic N) is 1. The summed E-state index contributed by atoms with van der Waals surface area (Å²) in [5.41, 5.74) is 4.05. The lowest BCUT2D eigenvalue weighted by Crippen LogP contribution is -2.01. The summed E-state index contributed by atoms with van der Waals surface area (Å²) in [6.45, 7) is 1.97. The molecule has 3 nitrogen and oxygen atoms in total. The molecule has 1 N–H and O–H groups in total. The highest BCUT2D eigenvalue weighted by Crippen LogP contribution is 2.32. The van der Waals surface area contributed by atoms with Gasteiger partial charge in [0, 0.05) is 18.0 Å². The van der Waals surface area contributed by atoms with E-state index in [0.29, 0.717) is 6.41 Å². The van der Waals surface area contributed by atoms with E-state index < -0.39 is 0 Å². The summed E-state index contributed by atoms with van der Waals surface area (Å²) in [6, 6.07) is 12.5. The SMILES string of the molecule is Cc1c(NC=O)n(C)c2ccc(-c3ccc(F)cc3)cc12. The van der Waals surface area contributed by atoms with Crippen molar-refractivity contribution >= 4 is 23.1 Å². The second-order valence-electron chi connectivity index (χ2n) is 5.03. The van der Waals surface area contributed by atoms with Crippen LogP contribution in [0.2, 0.25) is 0 Å². The smallest absolute Gasteiger partial charge is 0.212 e. The average Bonchev–Trinajstić information content (AvgIpc) is 2.73. The van der Waals surface area contributed by atoms with Gasteiger partial charge in [0.2, 0.25) is 6.41 Å². The highest BCUT2D eigenvalue weighted by atomic mass is 19.1. The van der Waals surface area contributed by atoms with Gasteiger partial charge in [-0.25, -0.2) is 4.39 Å². The Labute approximate surface area is 122 Å². The van der Waals surface area contributed by atoms with Gasteiger partial charge in [-0.05, 0) is 47.9 Å². The summed E-state index contributed by atoms with van der Waals surface area (Å²) in [6.07, 6.45) is 0.683. The summed E-state index contributed by atoms with van der Waals surface area (Å²) < 4.78 is 15.0. The maximum atomic E-state index is 13.0. The van der Waals surface area contributed by atoms with Crippen LogP contribution in [0.15, 0.2) is 42.5 Å². The minimum Gasteiger partial charge on any atom is -0.330 e. The number of aromatic nitrogens is 1. The zero-order valence-electron chi connectivity index (χ0n) is 11.9. The molecule has 0 unspecified atom stereocenters. The first-order chi connectivity index (χ1) is 10.1. The van der Waals surface area contributed by atoms with Gasteiger partial charge in [0.15, 0.2) is 0 Å². The van der Waals surface area contributed by atoms with Crippen molar-refractivity contribution in [1.29, 1.82) is 0 Å². The maximum absolute atomic E-state index is 13.0. The number of nitrogens with one attached hydrogen (secondary N) is 1. The Morgan fingerprint density at radius 1 is 1.10 bits per heavy atom. The molecular weight excluding hydrogens is 267 g/mol. The van der Waals surface area contributed by atoms with Crippen molar-refractivity contribution < 1.29 is 9.18 Å². The van der Waals surface area contributed by atoms with Crippen molar-refractivity contribution in [3.63, 3.8) is 0 Å². The molecule has 21 heavy (non-hydrogen) atoms. The van der Waals surface area contributed by atoms with E-state index >= 15 is 0 Å². The van der Waals surface area contributed by atoms with Crippen molar-refractivity contribution in [3.05, 3.63) is 53.8 Å². The molecule has 0 aliphatic heterocycles. The molecule has 1 aromatic heterocycles. The normalized spacial score (nSPS) is 10.8. The topological polar surface area (TPSA) is 34.0 Å². The predicted octanol–water partition coefficient (Wildman–Crippen LogP) is 3.86. The number of amides is 1. The van der Waals surface area contributed by atoms with Gasteiger partial charge >= 0.3 is 0 Å². The summed E-state index contributed by atoms with van der Waals surface area (Å²) in [4.78, 5) is 10.7. The second kappa shape index (κ2) is 5.05. The molecule has 0 bridgehead atoms. The highest BCUT2D eigenvalue weighted by Gasteiger charge is 2.12. The van der Waals surface area contributed by atoms with Crippen LogP contribution < -0.4 is 5.32 Å². The Hall–Kier alpha value is -2.62. The molecule has 0 atom stereocenters. The average molecular weight is 282 g/mol. The third-order valence-corrected chi connectivity index (χ3v) is 3.83. The van der Waals surface area contributed by atoms with Crippen LogP contribution in [-0.2, 0) is 11.8 Å². The molecule has 0 aliphatic rings. The van der Waals surface area contributed by atoms with Gasteiger partial charge in [-0.15, -0.1) is 0 Å². The van der Waals surface area contributed by atoms with Crippen LogP contribution in [0, 0.1) is 12.7 Å². The molecule has 0 saturated heterocycles. The van der Waals surface area contributed by atoms with Crippen molar-refractivity contribution in [3.8, 4) is 11.1 Å². The number of hydrogen-bond acceptors (Lipinski definition) is 1. The van der Waals surface area contributed by atoms with E-state index in [2.05, 4.69) is 11.4 Å². The number of fused-ring (bicyclic) bond motifs is 1. The van der Waals surface area contributed by atoms with Crippen LogP contribution in [0.3, 0.4) is 0 Å². The van der Waals surface area contributed by atoms with E-state index in [4.69, 9.17) is 0 Å². The molecule has 0 saturated carbocycles. The quantitative estimate of drug-likeness (QED) is 0.727. The zero-order valence-corrected chi connectivity index (χ0v) is 11.9. The standard InChI is InChI=1S/C17H15FN2O/c1-11-15-9-13(12-3-6-14(18)7-4-12)5-8-16(15)20(2)17(11)19-10-21/h3-10H,1-2H3,(H,19,21). The van der Waals surface area contributed by atoms with Gasteiger partial charge in [0.25, 0.3) is 0 Å². The molecule has 1 heterocycles. The second-order valence-corrected chi connectivity index (χ2v) is 5.03. The summed E-state index contributed by atoms with van der Waals surface area (Å²) in [5.74, 6) is 0.546. The van der Waals surface area contributed by atoms with E-state index in [1.54, 1.807) is 12.1 Å². The van der Waals surface area contributed by atoms with E-state index in [0.717, 1.165) is 33.4 Å². The van der Waals surface area contributed by atoms with E-state index in [1.165, 1.54) is 12.1 Å². The third-order valence-electron chi connectivity index (χ3n) is 3.83. The van der Waals surface area contributed by atoms with Crippen LogP contribution in [0.1, 0.15) is 5.56 Å². The number of aryl methyl sites for hydroxylation is 2. The number of halogens is 1. The first-order valence-electron chi connectivity index (χ1n) is 6.67. The lowest BCUT2D eigenvalue weighted by molar-refractivity contribution is -0.105. The van der Waals surface area contributed by atoms with Gasteiger partial charge in [-0.3, -0.25) is 4.79 Å². The van der Waals surface area contributed by atoms with Gasteiger partial charge in [-0.2, -0.15) is 0 Å². The fraction of sp³-hybridized carbons (Fsp3) is 0.118. The number of benzene rings is 2. The molecule has 0 aliphatic carbocycles. The first kappa shape index (κ1) is 13.4. The molecule has 106 valence electrons. The molecule has 1 amide bonds. The Kier molecular flexibility index (Phi) is 3.22. The van der Waals surface area contributed by atoms with Crippen LogP contribution in [-0.4, -0.2) is 11.0 Å². The van der Waals surface area contributed by atoms with Crippen molar-refractivity contribution in [2.24, 2.45) is 7.05 Å². The predicted molar refractivity (Wildman–Crippen MR) is 82.7 cm³/mol. The van der Waals surface area contributed by atoms with E-state index in [-0.39, 0.29) is 5.82 Å². The maximum Gasteiger partial charge on any atom is 0.212 e. The van der Waals surface area contributed by atoms with Crippen molar-refractivity contribution in [2.45, 2.75) is 6.92 Å². The summed E-state index contributed by atoms with van der Waals surface area (Å²) in [5, 5.41) is 3.81. The molecule has 0 fully saturated rings. The van der Waals surface area contributed by atoms with E-state index in [9.17, 15) is 9.18 Å². The lowest BCUT2D eigenvalue weighted by atomic mass is 10.0. The Morgan fingerprint density at radius 2 is 1.76 bits per heavy atom. The number of carbonyl (C=O) groups is 1. The molecule has 4 heteroatoms.